The van der Waals surface area contributed by atoms with Crippen LogP contribution in [0, 0.1) is 5.92 Å². The van der Waals surface area contributed by atoms with Gasteiger partial charge >= 0.3 is 0 Å². The summed E-state index contributed by atoms with van der Waals surface area (Å²) in [5, 5.41) is 0. The molecule has 2 aliphatic rings. The number of allylic oxidation sites excluding steroid dienone is 5. The fourth-order valence-electron chi connectivity index (χ4n) is 2.65. The first-order chi connectivity index (χ1) is 7.32. The second-order valence-electron chi connectivity index (χ2n) is 5.95. The van der Waals surface area contributed by atoms with Gasteiger partial charge in [0.25, 0.3) is 0 Å². The monoisotopic (exact) mass is 236 g/mol. The molecule has 2 rings (SSSR count). The maximum Gasteiger partial charge on any atom is -0.00175 e. The van der Waals surface area contributed by atoms with Crippen LogP contribution in [0.3, 0.4) is 0 Å². The van der Waals surface area contributed by atoms with E-state index in [2.05, 4.69) is 45.6 Å². The standard InChI is InChI=1S/C15H24S/c1-10-9-15(16(4,5)6)14-8-7-13(14)12(3)11(10)2/h9,11H,7-8H2,1-6H3. The Labute approximate surface area is 102 Å². The van der Waals surface area contributed by atoms with Crippen molar-refractivity contribution in [1.29, 1.82) is 0 Å². The van der Waals surface area contributed by atoms with Gasteiger partial charge in [0.05, 0.1) is 0 Å². The van der Waals surface area contributed by atoms with Crippen LogP contribution in [-0.2, 0) is 0 Å². The maximum atomic E-state index is 2.49. The minimum absolute atomic E-state index is 0.591. The minimum atomic E-state index is -0.591. The molecule has 90 valence electrons. The second kappa shape index (κ2) is 3.80. The van der Waals surface area contributed by atoms with Gasteiger partial charge in [-0.3, -0.25) is 0 Å². The number of fused-ring (bicyclic) bond motifs is 1. The van der Waals surface area contributed by atoms with Crippen LogP contribution in [0.2, 0.25) is 0 Å². The smallest absolute Gasteiger partial charge is 0.00175 e. The van der Waals surface area contributed by atoms with Crippen LogP contribution in [0.15, 0.2) is 33.3 Å². The molecule has 0 spiro atoms. The summed E-state index contributed by atoms with van der Waals surface area (Å²) >= 11 is 0. The van der Waals surface area contributed by atoms with Crippen molar-refractivity contribution in [3.05, 3.63) is 33.3 Å². The zero-order chi connectivity index (χ0) is 12.1. The zero-order valence-electron chi connectivity index (χ0n) is 11.5. The highest BCUT2D eigenvalue weighted by molar-refractivity contribution is 8.35. The molecular weight excluding hydrogens is 212 g/mol. The second-order valence-corrected chi connectivity index (χ2v) is 10.1. The van der Waals surface area contributed by atoms with Gasteiger partial charge in [0.15, 0.2) is 0 Å². The van der Waals surface area contributed by atoms with Crippen molar-refractivity contribution in [2.24, 2.45) is 5.92 Å². The van der Waals surface area contributed by atoms with E-state index in [1.165, 1.54) is 12.8 Å². The number of rotatable bonds is 1. The summed E-state index contributed by atoms with van der Waals surface area (Å²) in [5.74, 6) is 0.643. The van der Waals surface area contributed by atoms with Gasteiger partial charge in [-0.15, -0.1) is 0 Å². The molecule has 0 N–H and O–H groups in total. The highest BCUT2D eigenvalue weighted by atomic mass is 32.3. The van der Waals surface area contributed by atoms with Gasteiger partial charge in [0.2, 0.25) is 0 Å². The molecule has 0 saturated heterocycles. The van der Waals surface area contributed by atoms with Crippen molar-refractivity contribution < 1.29 is 0 Å². The normalized spacial score (nSPS) is 27.1. The van der Waals surface area contributed by atoms with Gasteiger partial charge in [0.1, 0.15) is 0 Å². The lowest BCUT2D eigenvalue weighted by Crippen LogP contribution is -2.11. The average Bonchev–Trinajstić information content (AvgIpc) is 2.16. The van der Waals surface area contributed by atoms with E-state index in [1.807, 2.05) is 0 Å². The van der Waals surface area contributed by atoms with Crippen LogP contribution in [0.5, 0.6) is 0 Å². The molecule has 0 nitrogen and oxygen atoms in total. The molecule has 0 aliphatic heterocycles. The van der Waals surface area contributed by atoms with E-state index >= 15 is 0 Å². The minimum Gasteiger partial charge on any atom is -0.223 e. The van der Waals surface area contributed by atoms with E-state index in [0.29, 0.717) is 5.92 Å². The first-order valence-electron chi connectivity index (χ1n) is 6.12. The Balaban J connectivity index is 2.60. The van der Waals surface area contributed by atoms with E-state index in [4.69, 9.17) is 0 Å². The van der Waals surface area contributed by atoms with Crippen molar-refractivity contribution in [2.75, 3.05) is 18.8 Å². The summed E-state index contributed by atoms with van der Waals surface area (Å²) in [6.07, 6.45) is 12.4. The van der Waals surface area contributed by atoms with Gasteiger partial charge < -0.3 is 0 Å². The van der Waals surface area contributed by atoms with E-state index in [9.17, 15) is 0 Å². The number of hydrogen-bond acceptors (Lipinski definition) is 0. The van der Waals surface area contributed by atoms with Crippen LogP contribution < -0.4 is 0 Å². The van der Waals surface area contributed by atoms with Gasteiger partial charge in [-0.2, -0.15) is 0 Å². The molecule has 0 aromatic heterocycles. The Bertz CT molecular complexity index is 413. The van der Waals surface area contributed by atoms with E-state index in [1.54, 1.807) is 27.2 Å². The Hall–Kier alpha value is -0.430. The van der Waals surface area contributed by atoms with Gasteiger partial charge in [-0.1, -0.05) is 24.1 Å². The molecule has 1 saturated carbocycles. The molecule has 16 heavy (non-hydrogen) atoms. The lowest BCUT2D eigenvalue weighted by Gasteiger charge is -2.35. The third-order valence-electron chi connectivity index (χ3n) is 4.11. The molecule has 0 aromatic carbocycles. The summed E-state index contributed by atoms with van der Waals surface area (Å²) in [7, 11) is -0.591. The van der Waals surface area contributed by atoms with Crippen molar-refractivity contribution in [3.8, 4) is 0 Å². The van der Waals surface area contributed by atoms with Gasteiger partial charge in [-0.25, -0.2) is 10.0 Å². The Morgan fingerprint density at radius 3 is 2.06 bits per heavy atom. The fourth-order valence-corrected chi connectivity index (χ4v) is 4.15. The Morgan fingerprint density at radius 1 is 1.06 bits per heavy atom. The SMILES string of the molecule is CC1=CC(S(C)(C)C)=C2CCC2=C(C)C1C. The van der Waals surface area contributed by atoms with Gasteiger partial charge in [0, 0.05) is 0 Å². The first-order valence-corrected chi connectivity index (χ1v) is 8.98. The molecule has 0 heterocycles. The lowest BCUT2D eigenvalue weighted by molar-refractivity contribution is 0.737. The van der Waals surface area contributed by atoms with Gasteiger partial charge in [-0.05, 0) is 67.4 Å². The molecule has 1 heteroatoms. The third kappa shape index (κ3) is 1.79. The van der Waals surface area contributed by atoms with Crippen LogP contribution in [-0.4, -0.2) is 18.8 Å². The molecule has 0 radical (unpaired) electrons. The van der Waals surface area contributed by atoms with Crippen molar-refractivity contribution in [1.82, 2.24) is 0 Å². The van der Waals surface area contributed by atoms with Crippen molar-refractivity contribution >= 4 is 10.0 Å². The van der Waals surface area contributed by atoms with E-state index in [-0.39, 0.29) is 0 Å². The molecule has 1 fully saturated rings. The van der Waals surface area contributed by atoms with Crippen LogP contribution in [0.4, 0.5) is 0 Å². The summed E-state index contributed by atoms with van der Waals surface area (Å²) in [6.45, 7) is 6.98. The summed E-state index contributed by atoms with van der Waals surface area (Å²) in [5.41, 5.74) is 6.53. The van der Waals surface area contributed by atoms with Crippen molar-refractivity contribution in [3.63, 3.8) is 0 Å². The van der Waals surface area contributed by atoms with E-state index in [0.717, 1.165) is 0 Å². The molecular formula is C15H24S. The highest BCUT2D eigenvalue weighted by Crippen LogP contribution is 2.55. The van der Waals surface area contributed by atoms with Crippen LogP contribution in [0.1, 0.15) is 33.6 Å². The van der Waals surface area contributed by atoms with Crippen molar-refractivity contribution in [2.45, 2.75) is 33.6 Å². The predicted molar refractivity (Wildman–Crippen MR) is 77.2 cm³/mol. The largest absolute Gasteiger partial charge is 0.223 e. The third-order valence-corrected chi connectivity index (χ3v) is 5.80. The Kier molecular flexibility index (Phi) is 2.86. The maximum absolute atomic E-state index is 2.49. The zero-order valence-corrected chi connectivity index (χ0v) is 12.3. The average molecular weight is 236 g/mol. The highest BCUT2D eigenvalue weighted by Gasteiger charge is 2.29. The molecule has 0 bridgehead atoms. The topological polar surface area (TPSA) is 0 Å². The quantitative estimate of drug-likeness (QED) is 0.622. The molecule has 1 atom stereocenters. The Morgan fingerprint density at radius 2 is 1.62 bits per heavy atom. The first kappa shape index (κ1) is 12.0. The molecule has 2 aliphatic carbocycles. The summed E-state index contributed by atoms with van der Waals surface area (Å²) in [6, 6.07) is 0. The fraction of sp³-hybridized carbons (Fsp3) is 0.600. The van der Waals surface area contributed by atoms with Crippen LogP contribution in [0.25, 0.3) is 0 Å². The predicted octanol–water partition coefficient (Wildman–Crippen LogP) is 4.64. The molecule has 0 amide bonds. The van der Waals surface area contributed by atoms with E-state index < -0.39 is 10.0 Å². The summed E-state index contributed by atoms with van der Waals surface area (Å²) in [4.78, 5) is 1.66. The number of hydrogen-bond donors (Lipinski definition) is 0. The molecule has 0 aromatic rings. The van der Waals surface area contributed by atoms with Crippen LogP contribution >= 0.6 is 10.0 Å². The lowest BCUT2D eigenvalue weighted by atomic mass is 9.80. The molecule has 1 unspecified atom stereocenters. The summed E-state index contributed by atoms with van der Waals surface area (Å²) < 4.78 is 0.